The molecule has 0 fully saturated rings. The molecule has 1 atom stereocenters. The van der Waals surface area contributed by atoms with Gasteiger partial charge in [0.1, 0.15) is 11.8 Å². The molecule has 4 heterocycles. The standard InChI is InChI=1S/C18H15N3O7S2/c19-30(24,25)17-6-5-14(28-17)18(23)27-10-16(22)21-12(13-3-1-7-26-13)9-11(20-21)15-4-2-8-29-15/h1-8,12H,9-10H2,(H2,19,24,25). The van der Waals surface area contributed by atoms with Crippen molar-refractivity contribution in [3.63, 3.8) is 0 Å². The lowest BCUT2D eigenvalue weighted by Crippen LogP contribution is -2.31. The van der Waals surface area contributed by atoms with Crippen molar-refractivity contribution in [2.45, 2.75) is 17.6 Å². The lowest BCUT2D eigenvalue weighted by Gasteiger charge is -2.19. The normalized spacial score (nSPS) is 16.5. The third-order valence-corrected chi connectivity index (χ3v) is 5.93. The molecule has 1 aliphatic heterocycles. The van der Waals surface area contributed by atoms with Gasteiger partial charge >= 0.3 is 5.97 Å². The molecule has 0 radical (unpaired) electrons. The second-order valence-electron chi connectivity index (χ2n) is 6.24. The number of hydrogen-bond acceptors (Lipinski definition) is 9. The molecule has 0 aliphatic carbocycles. The van der Waals surface area contributed by atoms with Crippen LogP contribution in [-0.2, 0) is 19.6 Å². The Hall–Kier alpha value is -3.22. The first-order valence-corrected chi connectivity index (χ1v) is 11.0. The molecule has 4 rings (SSSR count). The molecule has 0 aromatic carbocycles. The van der Waals surface area contributed by atoms with Gasteiger partial charge in [-0.25, -0.2) is 23.4 Å². The monoisotopic (exact) mass is 449 g/mol. The number of amides is 1. The van der Waals surface area contributed by atoms with Crippen LogP contribution < -0.4 is 5.14 Å². The zero-order chi connectivity index (χ0) is 21.3. The number of carbonyl (C=O) groups excluding carboxylic acids is 2. The van der Waals surface area contributed by atoms with Crippen molar-refractivity contribution in [2.24, 2.45) is 10.2 Å². The number of furan rings is 2. The average molecular weight is 449 g/mol. The van der Waals surface area contributed by atoms with Gasteiger partial charge in [0.05, 0.1) is 16.9 Å². The van der Waals surface area contributed by atoms with Crippen molar-refractivity contribution in [1.29, 1.82) is 0 Å². The number of sulfonamides is 1. The molecule has 1 aliphatic rings. The minimum Gasteiger partial charge on any atom is -0.467 e. The van der Waals surface area contributed by atoms with Gasteiger partial charge in [0.25, 0.3) is 15.9 Å². The maximum absolute atomic E-state index is 12.7. The van der Waals surface area contributed by atoms with Gasteiger partial charge in [-0.1, -0.05) is 6.07 Å². The van der Waals surface area contributed by atoms with Crippen LogP contribution in [0.15, 0.2) is 67.1 Å². The van der Waals surface area contributed by atoms with Crippen molar-refractivity contribution in [2.75, 3.05) is 6.61 Å². The highest BCUT2D eigenvalue weighted by molar-refractivity contribution is 7.89. The molecule has 3 aromatic heterocycles. The number of ether oxygens (including phenoxy) is 1. The van der Waals surface area contributed by atoms with Crippen LogP contribution in [0, 0.1) is 0 Å². The molecule has 0 spiro atoms. The summed E-state index contributed by atoms with van der Waals surface area (Å²) in [4.78, 5) is 25.7. The highest BCUT2D eigenvalue weighted by atomic mass is 32.2. The van der Waals surface area contributed by atoms with Gasteiger partial charge in [0.2, 0.25) is 10.9 Å². The molecule has 0 bridgehead atoms. The number of primary sulfonamides is 1. The first kappa shape index (κ1) is 20.1. The van der Waals surface area contributed by atoms with Crippen molar-refractivity contribution < 1.29 is 31.6 Å². The van der Waals surface area contributed by atoms with E-state index in [0.717, 1.165) is 22.7 Å². The molecule has 1 unspecified atom stereocenters. The number of esters is 1. The fourth-order valence-electron chi connectivity index (χ4n) is 2.88. The Balaban J connectivity index is 1.47. The smallest absolute Gasteiger partial charge is 0.374 e. The number of thiophene rings is 1. The molecule has 3 aromatic rings. The molecule has 0 saturated carbocycles. The maximum atomic E-state index is 12.7. The van der Waals surface area contributed by atoms with Crippen molar-refractivity contribution in [1.82, 2.24) is 5.01 Å². The number of carbonyl (C=O) groups is 2. The third kappa shape index (κ3) is 4.06. The van der Waals surface area contributed by atoms with Gasteiger partial charge < -0.3 is 13.6 Å². The van der Waals surface area contributed by atoms with E-state index in [0.29, 0.717) is 12.2 Å². The number of hydrogen-bond donors (Lipinski definition) is 1. The topological polar surface area (TPSA) is 145 Å². The predicted molar refractivity (Wildman–Crippen MR) is 104 cm³/mol. The van der Waals surface area contributed by atoms with E-state index in [4.69, 9.17) is 18.7 Å². The number of rotatable bonds is 6. The molecular formula is C18H15N3O7S2. The van der Waals surface area contributed by atoms with E-state index in [9.17, 15) is 18.0 Å². The maximum Gasteiger partial charge on any atom is 0.374 e. The zero-order valence-electron chi connectivity index (χ0n) is 15.3. The van der Waals surface area contributed by atoms with Gasteiger partial charge in [-0.3, -0.25) is 4.79 Å². The van der Waals surface area contributed by atoms with Crippen LogP contribution in [0.5, 0.6) is 0 Å². The van der Waals surface area contributed by atoms with Crippen LogP contribution >= 0.6 is 11.3 Å². The van der Waals surface area contributed by atoms with Gasteiger partial charge in [-0.15, -0.1) is 11.3 Å². The quantitative estimate of drug-likeness (QED) is 0.567. The Morgan fingerprint density at radius 2 is 2.10 bits per heavy atom. The average Bonchev–Trinajstić information content (AvgIpc) is 3.48. The second-order valence-corrected chi connectivity index (χ2v) is 8.68. The summed E-state index contributed by atoms with van der Waals surface area (Å²) in [6.07, 6.45) is 1.95. The Kier molecular flexibility index (Phi) is 5.28. The van der Waals surface area contributed by atoms with Gasteiger partial charge in [-0.2, -0.15) is 5.10 Å². The zero-order valence-corrected chi connectivity index (χ0v) is 16.9. The van der Waals surface area contributed by atoms with E-state index < -0.39 is 45.4 Å². The largest absolute Gasteiger partial charge is 0.467 e. The van der Waals surface area contributed by atoms with Crippen molar-refractivity contribution in [3.8, 4) is 0 Å². The first-order chi connectivity index (χ1) is 14.3. The van der Waals surface area contributed by atoms with Crippen LogP contribution in [0.3, 0.4) is 0 Å². The lowest BCUT2D eigenvalue weighted by atomic mass is 10.1. The van der Waals surface area contributed by atoms with E-state index in [1.165, 1.54) is 22.6 Å². The fraction of sp³-hybridized carbons (Fsp3) is 0.167. The summed E-state index contributed by atoms with van der Waals surface area (Å²) in [5.41, 5.74) is 0.718. The van der Waals surface area contributed by atoms with Crippen LogP contribution in [0.4, 0.5) is 0 Å². The molecule has 2 N–H and O–H groups in total. The Morgan fingerprint density at radius 1 is 1.27 bits per heavy atom. The van der Waals surface area contributed by atoms with Gasteiger partial charge in [0.15, 0.2) is 6.61 Å². The summed E-state index contributed by atoms with van der Waals surface area (Å²) in [6, 6.07) is 8.88. The SMILES string of the molecule is NS(=O)(=O)c1ccc(C(=O)OCC(=O)N2N=C(c3cccs3)CC2c2ccco2)o1. The summed E-state index contributed by atoms with van der Waals surface area (Å²) >= 11 is 1.50. The Labute approximate surface area is 174 Å². The van der Waals surface area contributed by atoms with Crippen molar-refractivity contribution >= 4 is 38.9 Å². The minimum atomic E-state index is -4.10. The number of nitrogens with two attached hydrogens (primary N) is 1. The number of nitrogens with zero attached hydrogens (tertiary/aromatic N) is 2. The van der Waals surface area contributed by atoms with E-state index in [1.54, 1.807) is 12.1 Å². The van der Waals surface area contributed by atoms with E-state index in [1.807, 2.05) is 17.5 Å². The summed E-state index contributed by atoms with van der Waals surface area (Å²) in [6.45, 7) is -0.622. The van der Waals surface area contributed by atoms with E-state index in [2.05, 4.69) is 5.10 Å². The van der Waals surface area contributed by atoms with Gasteiger partial charge in [0, 0.05) is 6.42 Å². The third-order valence-electron chi connectivity index (χ3n) is 4.23. The summed E-state index contributed by atoms with van der Waals surface area (Å²) < 4.78 is 37.7. The molecule has 1 amide bonds. The highest BCUT2D eigenvalue weighted by Crippen LogP contribution is 2.34. The predicted octanol–water partition coefficient (Wildman–Crippen LogP) is 2.12. The summed E-state index contributed by atoms with van der Waals surface area (Å²) in [7, 11) is -4.10. The molecule has 10 nitrogen and oxygen atoms in total. The summed E-state index contributed by atoms with van der Waals surface area (Å²) in [5, 5.41) is 11.9. The van der Waals surface area contributed by atoms with Crippen LogP contribution in [0.2, 0.25) is 0 Å². The van der Waals surface area contributed by atoms with Crippen LogP contribution in [-0.4, -0.2) is 37.6 Å². The van der Waals surface area contributed by atoms with Crippen LogP contribution in [0.1, 0.15) is 33.7 Å². The lowest BCUT2D eigenvalue weighted by molar-refractivity contribution is -0.136. The molecule has 0 saturated heterocycles. The molecular weight excluding hydrogens is 434 g/mol. The van der Waals surface area contributed by atoms with Crippen molar-refractivity contribution in [3.05, 3.63) is 64.4 Å². The Bertz CT molecular complexity index is 1190. The fourth-order valence-corrected chi connectivity index (χ4v) is 4.07. The molecule has 30 heavy (non-hydrogen) atoms. The Morgan fingerprint density at radius 3 is 2.73 bits per heavy atom. The number of hydrazone groups is 1. The second kappa shape index (κ2) is 7.89. The van der Waals surface area contributed by atoms with E-state index >= 15 is 0 Å². The van der Waals surface area contributed by atoms with Crippen LogP contribution in [0.25, 0.3) is 0 Å². The molecule has 156 valence electrons. The first-order valence-electron chi connectivity index (χ1n) is 8.59. The van der Waals surface area contributed by atoms with E-state index in [-0.39, 0.29) is 0 Å². The summed E-state index contributed by atoms with van der Waals surface area (Å²) in [5.74, 6) is -1.42. The highest BCUT2D eigenvalue weighted by Gasteiger charge is 2.35. The minimum absolute atomic E-state index is 0.390. The molecule has 12 heteroatoms. The van der Waals surface area contributed by atoms with Gasteiger partial charge in [-0.05, 0) is 35.7 Å².